The topological polar surface area (TPSA) is 84.5 Å². The number of fused-ring (bicyclic) bond motifs is 1. The van der Waals surface area contributed by atoms with Crippen LogP contribution in [0.1, 0.15) is 40.2 Å². The third-order valence-corrected chi connectivity index (χ3v) is 3.79. The van der Waals surface area contributed by atoms with E-state index in [0.717, 1.165) is 16.3 Å². The van der Waals surface area contributed by atoms with Crippen molar-refractivity contribution in [1.82, 2.24) is 10.6 Å². The lowest BCUT2D eigenvalue weighted by Gasteiger charge is -2.23. The number of esters is 1. The molecule has 0 unspecified atom stereocenters. The maximum Gasteiger partial charge on any atom is 0.328 e. The fourth-order valence-electron chi connectivity index (χ4n) is 2.60. The first-order valence-corrected chi connectivity index (χ1v) is 9.07. The third-order valence-electron chi connectivity index (χ3n) is 3.79. The van der Waals surface area contributed by atoms with Crippen LogP contribution in [-0.2, 0) is 19.1 Å². The lowest BCUT2D eigenvalue weighted by Crippen LogP contribution is -2.44. The Morgan fingerprint density at radius 1 is 1.04 bits per heavy atom. The lowest BCUT2D eigenvalue weighted by atomic mass is 10.0. The van der Waals surface area contributed by atoms with Crippen LogP contribution in [0.3, 0.4) is 0 Å². The smallest absolute Gasteiger partial charge is 0.328 e. The molecule has 0 saturated heterocycles. The van der Waals surface area contributed by atoms with Crippen molar-refractivity contribution >= 4 is 34.6 Å². The van der Waals surface area contributed by atoms with Gasteiger partial charge in [-0.2, -0.15) is 0 Å². The quantitative estimate of drug-likeness (QED) is 0.614. The molecule has 2 aromatic rings. The molecular formula is C22H26N2O4. The van der Waals surface area contributed by atoms with Gasteiger partial charge in [-0.25, -0.2) is 4.79 Å². The molecule has 2 rings (SSSR count). The van der Waals surface area contributed by atoms with Crippen molar-refractivity contribution in [3.8, 4) is 0 Å². The second kappa shape index (κ2) is 8.69. The van der Waals surface area contributed by atoms with Gasteiger partial charge in [-0.15, -0.1) is 0 Å². The molecule has 0 fully saturated rings. The largest absolute Gasteiger partial charge is 0.458 e. The molecule has 148 valence electrons. The maximum atomic E-state index is 12.7. The number of ether oxygens (including phenoxy) is 1. The number of carbonyl (C=O) groups excluding carboxylic acids is 3. The molecule has 2 amide bonds. The van der Waals surface area contributed by atoms with Crippen LogP contribution in [0.15, 0.2) is 48.2 Å². The van der Waals surface area contributed by atoms with Crippen molar-refractivity contribution < 1.29 is 19.1 Å². The van der Waals surface area contributed by atoms with E-state index in [2.05, 4.69) is 10.6 Å². The maximum absolute atomic E-state index is 12.7. The molecule has 0 radical (unpaired) electrons. The molecule has 6 heteroatoms. The van der Waals surface area contributed by atoms with Crippen molar-refractivity contribution in [2.75, 3.05) is 0 Å². The van der Waals surface area contributed by atoms with Gasteiger partial charge in [0.2, 0.25) is 5.91 Å². The minimum absolute atomic E-state index is 0.0549. The highest BCUT2D eigenvalue weighted by Crippen LogP contribution is 2.20. The Labute approximate surface area is 165 Å². The lowest BCUT2D eigenvalue weighted by molar-refractivity contribution is -0.157. The van der Waals surface area contributed by atoms with E-state index in [4.69, 9.17) is 4.74 Å². The molecule has 0 heterocycles. The predicted molar refractivity (Wildman–Crippen MR) is 109 cm³/mol. The summed E-state index contributed by atoms with van der Waals surface area (Å²) in [5.41, 5.74) is 0.177. The minimum atomic E-state index is -0.864. The normalized spacial score (nSPS) is 13.0. The molecule has 0 aliphatic rings. The van der Waals surface area contributed by atoms with Gasteiger partial charge in [0, 0.05) is 6.92 Å². The van der Waals surface area contributed by atoms with E-state index in [9.17, 15) is 14.4 Å². The van der Waals surface area contributed by atoms with Gasteiger partial charge in [-0.3, -0.25) is 9.59 Å². The molecule has 28 heavy (non-hydrogen) atoms. The Morgan fingerprint density at radius 3 is 2.32 bits per heavy atom. The highest BCUT2D eigenvalue weighted by atomic mass is 16.6. The number of benzene rings is 2. The van der Waals surface area contributed by atoms with E-state index in [0.29, 0.717) is 0 Å². The van der Waals surface area contributed by atoms with Crippen molar-refractivity contribution in [2.24, 2.45) is 0 Å². The van der Waals surface area contributed by atoms with E-state index >= 15 is 0 Å². The zero-order chi connectivity index (χ0) is 20.9. The zero-order valence-corrected chi connectivity index (χ0v) is 16.8. The third kappa shape index (κ3) is 5.94. The van der Waals surface area contributed by atoms with Crippen LogP contribution >= 0.6 is 0 Å². The Kier molecular flexibility index (Phi) is 6.57. The van der Waals surface area contributed by atoms with Gasteiger partial charge in [-0.1, -0.05) is 42.5 Å². The van der Waals surface area contributed by atoms with Gasteiger partial charge < -0.3 is 15.4 Å². The van der Waals surface area contributed by atoms with Crippen LogP contribution in [0.5, 0.6) is 0 Å². The highest BCUT2D eigenvalue weighted by molar-refractivity contribution is 6.04. The van der Waals surface area contributed by atoms with E-state index in [1.54, 1.807) is 26.8 Å². The average Bonchev–Trinajstić information content (AvgIpc) is 2.59. The SMILES string of the molecule is CC(=O)N/C(=C\c1cccc2ccccc12)C(=O)N[C@@H](C)C(=O)OC(C)(C)C. The van der Waals surface area contributed by atoms with E-state index in [-0.39, 0.29) is 11.6 Å². The number of hydrogen-bond acceptors (Lipinski definition) is 4. The van der Waals surface area contributed by atoms with E-state index in [1.807, 2.05) is 42.5 Å². The van der Waals surface area contributed by atoms with Gasteiger partial charge >= 0.3 is 5.97 Å². The van der Waals surface area contributed by atoms with Crippen molar-refractivity contribution in [2.45, 2.75) is 46.3 Å². The standard InChI is InChI=1S/C22H26N2O4/c1-14(21(27)28-22(3,4)5)23-20(26)19(24-15(2)25)13-17-11-8-10-16-9-6-7-12-18(16)17/h6-14H,1-5H3,(H,23,26)(H,24,25)/b19-13-/t14-/m0/s1. The predicted octanol–water partition coefficient (Wildman–Crippen LogP) is 3.16. The molecule has 0 aromatic heterocycles. The van der Waals surface area contributed by atoms with Crippen LogP contribution in [0, 0.1) is 0 Å². The molecule has 2 N–H and O–H groups in total. The van der Waals surface area contributed by atoms with Crippen molar-refractivity contribution in [3.63, 3.8) is 0 Å². The summed E-state index contributed by atoms with van der Waals surface area (Å²) < 4.78 is 5.28. The molecular weight excluding hydrogens is 356 g/mol. The van der Waals surface area contributed by atoms with Gasteiger partial charge in [0.15, 0.2) is 0 Å². The molecule has 2 aromatic carbocycles. The van der Waals surface area contributed by atoms with Crippen LogP contribution in [0.2, 0.25) is 0 Å². The van der Waals surface area contributed by atoms with E-state index in [1.165, 1.54) is 13.8 Å². The fraction of sp³-hybridized carbons (Fsp3) is 0.318. The highest BCUT2D eigenvalue weighted by Gasteiger charge is 2.24. The first-order valence-electron chi connectivity index (χ1n) is 9.07. The summed E-state index contributed by atoms with van der Waals surface area (Å²) in [7, 11) is 0. The number of hydrogen-bond donors (Lipinski definition) is 2. The molecule has 0 aliphatic heterocycles. The summed E-state index contributed by atoms with van der Waals surface area (Å²) in [6, 6.07) is 12.6. The summed E-state index contributed by atoms with van der Waals surface area (Å²) in [4.78, 5) is 36.4. The Bertz CT molecular complexity index is 920. The minimum Gasteiger partial charge on any atom is -0.458 e. The average molecular weight is 382 g/mol. The van der Waals surface area contributed by atoms with Gasteiger partial charge in [-0.05, 0) is 50.1 Å². The van der Waals surface area contributed by atoms with Crippen molar-refractivity contribution in [3.05, 3.63) is 53.7 Å². The summed E-state index contributed by atoms with van der Waals surface area (Å²) in [6.07, 6.45) is 1.60. The van der Waals surface area contributed by atoms with Crippen LogP contribution < -0.4 is 10.6 Å². The second-order valence-corrected chi connectivity index (χ2v) is 7.54. The number of rotatable bonds is 5. The van der Waals surface area contributed by atoms with E-state index < -0.39 is 23.5 Å². The monoisotopic (exact) mass is 382 g/mol. The van der Waals surface area contributed by atoms with Gasteiger partial charge in [0.1, 0.15) is 17.3 Å². The molecule has 1 atom stereocenters. The molecule has 0 saturated carbocycles. The molecule has 6 nitrogen and oxygen atoms in total. The summed E-state index contributed by atoms with van der Waals surface area (Å²) in [5, 5.41) is 7.08. The van der Waals surface area contributed by atoms with Gasteiger partial charge in [0.25, 0.3) is 5.91 Å². The van der Waals surface area contributed by atoms with Crippen molar-refractivity contribution in [1.29, 1.82) is 0 Å². The second-order valence-electron chi connectivity index (χ2n) is 7.54. The Hall–Kier alpha value is -3.15. The first-order chi connectivity index (χ1) is 13.1. The summed E-state index contributed by atoms with van der Waals surface area (Å²) >= 11 is 0. The molecule has 0 spiro atoms. The van der Waals surface area contributed by atoms with Crippen LogP contribution in [0.4, 0.5) is 0 Å². The summed E-state index contributed by atoms with van der Waals surface area (Å²) in [5.74, 6) is -1.50. The Balaban J connectivity index is 2.30. The Morgan fingerprint density at radius 2 is 1.68 bits per heavy atom. The number of nitrogens with one attached hydrogen (secondary N) is 2. The van der Waals surface area contributed by atoms with Crippen LogP contribution in [0.25, 0.3) is 16.8 Å². The number of amides is 2. The fourth-order valence-corrected chi connectivity index (χ4v) is 2.60. The van der Waals surface area contributed by atoms with Crippen LogP contribution in [-0.4, -0.2) is 29.4 Å². The first kappa shape index (κ1) is 21.2. The summed E-state index contributed by atoms with van der Waals surface area (Å²) in [6.45, 7) is 8.12. The van der Waals surface area contributed by atoms with Gasteiger partial charge in [0.05, 0.1) is 0 Å². The molecule has 0 bridgehead atoms. The zero-order valence-electron chi connectivity index (χ0n) is 16.8. The molecule has 0 aliphatic carbocycles. The number of carbonyl (C=O) groups is 3.